The molecule has 108 valence electrons. The van der Waals surface area contributed by atoms with Gasteiger partial charge in [-0.1, -0.05) is 13.8 Å². The van der Waals surface area contributed by atoms with Gasteiger partial charge in [0.05, 0.1) is 5.56 Å². The van der Waals surface area contributed by atoms with Crippen LogP contribution in [0.3, 0.4) is 0 Å². The number of carbonyl (C=O) groups excluding carboxylic acids is 1. The van der Waals surface area contributed by atoms with Crippen molar-refractivity contribution in [3.05, 3.63) is 23.8 Å². The maximum absolute atomic E-state index is 11.2. The zero-order valence-electron chi connectivity index (χ0n) is 11.7. The molecular weight excluding hydrogens is 266 g/mol. The van der Waals surface area contributed by atoms with Crippen LogP contribution in [0.2, 0.25) is 0 Å². The van der Waals surface area contributed by atoms with Crippen LogP contribution >= 0.6 is 12.4 Å². The minimum Gasteiger partial charge on any atom is -0.507 e. The average molecular weight is 288 g/mol. The Hall–Kier alpha value is -1.26. The Morgan fingerprint density at radius 3 is 2.42 bits per heavy atom. The Balaban J connectivity index is 0.00000324. The van der Waals surface area contributed by atoms with Crippen molar-refractivity contribution < 1.29 is 14.6 Å². The molecule has 0 aliphatic rings. The Morgan fingerprint density at radius 1 is 1.32 bits per heavy atom. The summed E-state index contributed by atoms with van der Waals surface area (Å²) in [6, 6.07) is 4.78. The summed E-state index contributed by atoms with van der Waals surface area (Å²) in [5.41, 5.74) is 0.325. The number of phenolic OH excluding ortho intramolecular Hbond substituents is 1. The van der Waals surface area contributed by atoms with Gasteiger partial charge in [-0.2, -0.15) is 0 Å². The number of Topliss-reactive ketones (excluding diaryl/α,β-unsaturated/α-hetero) is 1. The molecule has 0 heterocycles. The molecule has 1 N–H and O–H groups in total. The highest BCUT2D eigenvalue weighted by atomic mass is 35.5. The molecule has 0 amide bonds. The molecule has 0 saturated heterocycles. The number of benzene rings is 1. The first kappa shape index (κ1) is 17.7. The van der Waals surface area contributed by atoms with Crippen LogP contribution in [-0.4, -0.2) is 42.0 Å². The zero-order chi connectivity index (χ0) is 13.5. The SMILES string of the molecule is CCN(CC)CCOc1ccc(C(C)=O)c(O)c1.Cl. The fraction of sp³-hybridized carbons (Fsp3) is 0.500. The molecule has 0 spiro atoms. The number of carbonyl (C=O) groups is 1. The number of rotatable bonds is 7. The fourth-order valence-electron chi connectivity index (χ4n) is 1.73. The highest BCUT2D eigenvalue weighted by Gasteiger charge is 2.07. The lowest BCUT2D eigenvalue weighted by Crippen LogP contribution is -2.27. The van der Waals surface area contributed by atoms with Gasteiger partial charge >= 0.3 is 0 Å². The maximum atomic E-state index is 11.2. The molecule has 1 rings (SSSR count). The van der Waals surface area contributed by atoms with Crippen molar-refractivity contribution in [3.63, 3.8) is 0 Å². The summed E-state index contributed by atoms with van der Waals surface area (Å²) < 4.78 is 5.54. The van der Waals surface area contributed by atoms with E-state index in [0.717, 1.165) is 19.6 Å². The number of likely N-dealkylation sites (N-methyl/N-ethyl adjacent to an activating group) is 1. The Labute approximate surface area is 120 Å². The van der Waals surface area contributed by atoms with Crippen LogP contribution in [0.1, 0.15) is 31.1 Å². The second kappa shape index (κ2) is 8.77. The van der Waals surface area contributed by atoms with E-state index in [2.05, 4.69) is 18.7 Å². The van der Waals surface area contributed by atoms with E-state index in [9.17, 15) is 9.90 Å². The van der Waals surface area contributed by atoms with Crippen LogP contribution in [0.15, 0.2) is 18.2 Å². The largest absolute Gasteiger partial charge is 0.507 e. The summed E-state index contributed by atoms with van der Waals surface area (Å²) in [7, 11) is 0. The van der Waals surface area contributed by atoms with Gasteiger partial charge in [-0.15, -0.1) is 12.4 Å². The fourth-order valence-corrected chi connectivity index (χ4v) is 1.73. The van der Waals surface area contributed by atoms with Crippen molar-refractivity contribution in [1.29, 1.82) is 0 Å². The minimum absolute atomic E-state index is 0. The Kier molecular flexibility index (Phi) is 8.19. The van der Waals surface area contributed by atoms with Crippen molar-refractivity contribution in [2.45, 2.75) is 20.8 Å². The zero-order valence-corrected chi connectivity index (χ0v) is 12.5. The predicted octanol–water partition coefficient (Wildman–Crippen LogP) is 2.74. The molecule has 0 aliphatic heterocycles. The van der Waals surface area contributed by atoms with Gasteiger partial charge in [0.25, 0.3) is 0 Å². The minimum atomic E-state index is -0.151. The molecule has 1 aromatic carbocycles. The summed E-state index contributed by atoms with van der Waals surface area (Å²) in [4.78, 5) is 13.4. The Morgan fingerprint density at radius 2 is 1.95 bits per heavy atom. The summed E-state index contributed by atoms with van der Waals surface area (Å²) in [6.45, 7) is 9.05. The van der Waals surface area contributed by atoms with E-state index in [1.165, 1.54) is 13.0 Å². The van der Waals surface area contributed by atoms with E-state index in [-0.39, 0.29) is 23.9 Å². The van der Waals surface area contributed by atoms with Crippen molar-refractivity contribution >= 4 is 18.2 Å². The van der Waals surface area contributed by atoms with E-state index in [1.54, 1.807) is 12.1 Å². The van der Waals surface area contributed by atoms with E-state index < -0.39 is 0 Å². The second-order valence-corrected chi connectivity index (χ2v) is 4.11. The molecule has 0 atom stereocenters. The van der Waals surface area contributed by atoms with Gasteiger partial charge in [-0.25, -0.2) is 0 Å². The van der Waals surface area contributed by atoms with Crippen LogP contribution in [0.25, 0.3) is 0 Å². The third kappa shape index (κ3) is 5.49. The van der Waals surface area contributed by atoms with E-state index in [0.29, 0.717) is 17.9 Å². The van der Waals surface area contributed by atoms with Gasteiger partial charge in [0.2, 0.25) is 0 Å². The first-order chi connectivity index (χ1) is 8.58. The summed E-state index contributed by atoms with van der Waals surface area (Å²) in [5.74, 6) is 0.412. The predicted molar refractivity (Wildman–Crippen MR) is 78.6 cm³/mol. The van der Waals surface area contributed by atoms with Crippen LogP contribution in [-0.2, 0) is 0 Å². The Bertz CT molecular complexity index is 406. The van der Waals surface area contributed by atoms with Crippen molar-refractivity contribution in [2.75, 3.05) is 26.2 Å². The topological polar surface area (TPSA) is 49.8 Å². The maximum Gasteiger partial charge on any atom is 0.163 e. The smallest absolute Gasteiger partial charge is 0.163 e. The van der Waals surface area contributed by atoms with Gasteiger partial charge in [-0.05, 0) is 32.1 Å². The number of aromatic hydroxyl groups is 1. The molecule has 19 heavy (non-hydrogen) atoms. The number of hydrogen-bond donors (Lipinski definition) is 1. The molecular formula is C14H22ClNO3. The number of hydrogen-bond acceptors (Lipinski definition) is 4. The highest BCUT2D eigenvalue weighted by Crippen LogP contribution is 2.23. The van der Waals surface area contributed by atoms with E-state index in [4.69, 9.17) is 4.74 Å². The lowest BCUT2D eigenvalue weighted by atomic mass is 10.1. The molecule has 0 unspecified atom stereocenters. The number of phenols is 1. The number of halogens is 1. The molecule has 0 saturated carbocycles. The van der Waals surface area contributed by atoms with Crippen molar-refractivity contribution in [2.24, 2.45) is 0 Å². The summed E-state index contributed by atoms with van der Waals surface area (Å²) in [6.07, 6.45) is 0. The third-order valence-corrected chi connectivity index (χ3v) is 2.92. The van der Waals surface area contributed by atoms with Gasteiger partial charge in [0.15, 0.2) is 5.78 Å². The monoisotopic (exact) mass is 287 g/mol. The van der Waals surface area contributed by atoms with Gasteiger partial charge < -0.3 is 14.7 Å². The second-order valence-electron chi connectivity index (χ2n) is 4.11. The molecule has 4 nitrogen and oxygen atoms in total. The van der Waals surface area contributed by atoms with E-state index >= 15 is 0 Å². The molecule has 0 aromatic heterocycles. The quantitative estimate of drug-likeness (QED) is 0.784. The van der Waals surface area contributed by atoms with E-state index in [1.807, 2.05) is 0 Å². The highest BCUT2D eigenvalue weighted by molar-refractivity contribution is 5.96. The third-order valence-electron chi connectivity index (χ3n) is 2.92. The molecule has 0 radical (unpaired) electrons. The average Bonchev–Trinajstić information content (AvgIpc) is 2.34. The van der Waals surface area contributed by atoms with Crippen LogP contribution in [0.4, 0.5) is 0 Å². The lowest BCUT2D eigenvalue weighted by Gasteiger charge is -2.18. The van der Waals surface area contributed by atoms with Crippen LogP contribution in [0, 0.1) is 0 Å². The molecule has 0 aliphatic carbocycles. The lowest BCUT2D eigenvalue weighted by molar-refractivity contribution is 0.101. The number of ether oxygens (including phenoxy) is 1. The van der Waals surface area contributed by atoms with Crippen molar-refractivity contribution in [3.8, 4) is 11.5 Å². The first-order valence-electron chi connectivity index (χ1n) is 6.27. The van der Waals surface area contributed by atoms with Gasteiger partial charge in [-0.3, -0.25) is 4.79 Å². The van der Waals surface area contributed by atoms with Gasteiger partial charge in [0.1, 0.15) is 18.1 Å². The van der Waals surface area contributed by atoms with Crippen LogP contribution in [0.5, 0.6) is 11.5 Å². The van der Waals surface area contributed by atoms with Crippen LogP contribution < -0.4 is 4.74 Å². The standard InChI is InChI=1S/C14H21NO3.ClH/c1-4-15(5-2)8-9-18-12-6-7-13(11(3)16)14(17)10-12;/h6-7,10,17H,4-5,8-9H2,1-3H3;1H. The van der Waals surface area contributed by atoms with Crippen molar-refractivity contribution in [1.82, 2.24) is 4.90 Å². The number of nitrogens with zero attached hydrogens (tertiary/aromatic N) is 1. The van der Waals surface area contributed by atoms with Gasteiger partial charge in [0, 0.05) is 12.6 Å². The normalized spacial score (nSPS) is 10.1. The molecule has 0 fully saturated rings. The first-order valence-corrected chi connectivity index (χ1v) is 6.27. The summed E-state index contributed by atoms with van der Waals surface area (Å²) >= 11 is 0. The molecule has 1 aromatic rings. The molecule has 0 bridgehead atoms. The number of ketones is 1. The summed E-state index contributed by atoms with van der Waals surface area (Å²) in [5, 5.41) is 9.65. The molecule has 5 heteroatoms.